The topological polar surface area (TPSA) is 48.1 Å². The maximum absolute atomic E-state index is 5.65. The minimum atomic E-state index is 0.459. The summed E-state index contributed by atoms with van der Waals surface area (Å²) in [4.78, 5) is 3.94. The Morgan fingerprint density at radius 1 is 1.67 bits per heavy atom. The van der Waals surface area contributed by atoms with E-state index in [2.05, 4.69) is 4.98 Å². The summed E-state index contributed by atoms with van der Waals surface area (Å²) in [5.74, 6) is 0.459. The SMILES string of the molecule is CCCOc1ncc(Cl)cc1N. The summed E-state index contributed by atoms with van der Waals surface area (Å²) in [6.07, 6.45) is 2.45. The van der Waals surface area contributed by atoms with Crippen LogP contribution in [0.4, 0.5) is 5.69 Å². The second-order valence-corrected chi connectivity index (χ2v) is 2.83. The van der Waals surface area contributed by atoms with Crippen LogP contribution >= 0.6 is 11.6 Å². The van der Waals surface area contributed by atoms with Gasteiger partial charge in [0.05, 0.1) is 17.3 Å². The number of ether oxygens (including phenoxy) is 1. The number of halogens is 1. The van der Waals surface area contributed by atoms with E-state index in [-0.39, 0.29) is 0 Å². The molecular weight excluding hydrogens is 176 g/mol. The van der Waals surface area contributed by atoms with Gasteiger partial charge in [0.25, 0.3) is 0 Å². The molecule has 1 rings (SSSR count). The van der Waals surface area contributed by atoms with Gasteiger partial charge < -0.3 is 10.5 Å². The zero-order chi connectivity index (χ0) is 8.97. The Labute approximate surface area is 76.5 Å². The molecular formula is C8H11ClN2O. The third kappa shape index (κ3) is 2.27. The number of anilines is 1. The molecule has 0 aliphatic heterocycles. The zero-order valence-electron chi connectivity index (χ0n) is 6.88. The summed E-state index contributed by atoms with van der Waals surface area (Å²) in [5, 5.41) is 0.524. The fourth-order valence-corrected chi connectivity index (χ4v) is 0.928. The zero-order valence-corrected chi connectivity index (χ0v) is 7.64. The molecule has 0 saturated carbocycles. The van der Waals surface area contributed by atoms with E-state index >= 15 is 0 Å². The highest BCUT2D eigenvalue weighted by atomic mass is 35.5. The van der Waals surface area contributed by atoms with E-state index in [1.165, 1.54) is 6.20 Å². The van der Waals surface area contributed by atoms with Gasteiger partial charge in [-0.05, 0) is 12.5 Å². The molecule has 1 heterocycles. The summed E-state index contributed by atoms with van der Waals surface area (Å²) in [6.45, 7) is 2.64. The van der Waals surface area contributed by atoms with Crippen molar-refractivity contribution in [3.05, 3.63) is 17.3 Å². The number of hydrogen-bond acceptors (Lipinski definition) is 3. The molecule has 0 bridgehead atoms. The Kier molecular flexibility index (Phi) is 3.17. The normalized spacial score (nSPS) is 9.83. The number of aromatic nitrogens is 1. The highest BCUT2D eigenvalue weighted by molar-refractivity contribution is 6.30. The molecule has 0 fully saturated rings. The molecule has 0 amide bonds. The fraction of sp³-hybridized carbons (Fsp3) is 0.375. The Morgan fingerprint density at radius 2 is 2.42 bits per heavy atom. The fourth-order valence-electron chi connectivity index (χ4n) is 0.762. The largest absolute Gasteiger partial charge is 0.476 e. The van der Waals surface area contributed by atoms with Gasteiger partial charge in [0.2, 0.25) is 5.88 Å². The van der Waals surface area contributed by atoms with Crippen molar-refractivity contribution in [2.24, 2.45) is 0 Å². The number of pyridine rings is 1. The quantitative estimate of drug-likeness (QED) is 0.787. The number of nitrogens with zero attached hydrogens (tertiary/aromatic N) is 1. The molecule has 2 N–H and O–H groups in total. The van der Waals surface area contributed by atoms with E-state index in [1.54, 1.807) is 6.07 Å². The van der Waals surface area contributed by atoms with Crippen molar-refractivity contribution in [3.8, 4) is 5.88 Å². The highest BCUT2D eigenvalue weighted by Crippen LogP contribution is 2.21. The van der Waals surface area contributed by atoms with Crippen molar-refractivity contribution in [3.63, 3.8) is 0 Å². The molecule has 1 aromatic rings. The van der Waals surface area contributed by atoms with Crippen LogP contribution in [0, 0.1) is 0 Å². The van der Waals surface area contributed by atoms with Crippen LogP contribution in [0.1, 0.15) is 13.3 Å². The van der Waals surface area contributed by atoms with Crippen molar-refractivity contribution in [2.45, 2.75) is 13.3 Å². The van der Waals surface area contributed by atoms with Gasteiger partial charge >= 0.3 is 0 Å². The molecule has 0 saturated heterocycles. The maximum atomic E-state index is 5.65. The first kappa shape index (κ1) is 9.13. The Morgan fingerprint density at radius 3 is 3.00 bits per heavy atom. The monoisotopic (exact) mass is 186 g/mol. The van der Waals surface area contributed by atoms with Gasteiger partial charge in [-0.1, -0.05) is 18.5 Å². The maximum Gasteiger partial charge on any atom is 0.237 e. The van der Waals surface area contributed by atoms with Crippen molar-refractivity contribution in [1.82, 2.24) is 4.98 Å². The van der Waals surface area contributed by atoms with Gasteiger partial charge in [-0.25, -0.2) is 4.98 Å². The first-order valence-corrected chi connectivity index (χ1v) is 4.15. The van der Waals surface area contributed by atoms with E-state index in [4.69, 9.17) is 22.1 Å². The second kappa shape index (κ2) is 4.16. The van der Waals surface area contributed by atoms with E-state index < -0.39 is 0 Å². The van der Waals surface area contributed by atoms with Gasteiger partial charge in [0, 0.05) is 6.20 Å². The van der Waals surface area contributed by atoms with Gasteiger partial charge in [-0.2, -0.15) is 0 Å². The third-order valence-corrected chi connectivity index (χ3v) is 1.50. The summed E-state index contributed by atoms with van der Waals surface area (Å²) < 4.78 is 5.25. The average molecular weight is 187 g/mol. The van der Waals surface area contributed by atoms with Crippen LogP contribution in [0.2, 0.25) is 5.02 Å². The van der Waals surface area contributed by atoms with E-state index in [0.717, 1.165) is 6.42 Å². The molecule has 0 radical (unpaired) electrons. The molecule has 12 heavy (non-hydrogen) atoms. The first-order chi connectivity index (χ1) is 5.74. The highest BCUT2D eigenvalue weighted by Gasteiger charge is 2.01. The smallest absolute Gasteiger partial charge is 0.237 e. The van der Waals surface area contributed by atoms with Crippen molar-refractivity contribution >= 4 is 17.3 Å². The van der Waals surface area contributed by atoms with Crippen LogP contribution in [0.3, 0.4) is 0 Å². The molecule has 66 valence electrons. The molecule has 0 aromatic carbocycles. The summed E-state index contributed by atoms with van der Waals surface area (Å²) >= 11 is 5.65. The van der Waals surface area contributed by atoms with Crippen LogP contribution in [0.15, 0.2) is 12.3 Å². The Hall–Kier alpha value is -0.960. The van der Waals surface area contributed by atoms with Gasteiger partial charge in [-0.15, -0.1) is 0 Å². The van der Waals surface area contributed by atoms with Gasteiger partial charge in [-0.3, -0.25) is 0 Å². The standard InChI is InChI=1S/C8H11ClN2O/c1-2-3-12-8-7(10)4-6(9)5-11-8/h4-5H,2-3,10H2,1H3. The number of hydrogen-bond donors (Lipinski definition) is 1. The van der Waals surface area contributed by atoms with Crippen LogP contribution in [-0.4, -0.2) is 11.6 Å². The summed E-state index contributed by atoms with van der Waals surface area (Å²) in [7, 11) is 0. The predicted molar refractivity (Wildman–Crippen MR) is 49.4 cm³/mol. The first-order valence-electron chi connectivity index (χ1n) is 3.78. The van der Waals surface area contributed by atoms with Crippen LogP contribution < -0.4 is 10.5 Å². The number of nitrogen functional groups attached to an aromatic ring is 1. The van der Waals surface area contributed by atoms with E-state index in [9.17, 15) is 0 Å². The van der Waals surface area contributed by atoms with Crippen molar-refractivity contribution in [1.29, 1.82) is 0 Å². The lowest BCUT2D eigenvalue weighted by atomic mass is 10.4. The summed E-state index contributed by atoms with van der Waals surface area (Å²) in [5.41, 5.74) is 6.07. The summed E-state index contributed by atoms with van der Waals surface area (Å²) in [6, 6.07) is 1.62. The molecule has 4 heteroatoms. The van der Waals surface area contributed by atoms with Gasteiger partial charge in [0.15, 0.2) is 0 Å². The van der Waals surface area contributed by atoms with Crippen LogP contribution in [0.5, 0.6) is 5.88 Å². The van der Waals surface area contributed by atoms with E-state index in [0.29, 0.717) is 23.2 Å². The number of nitrogens with two attached hydrogens (primary N) is 1. The molecule has 1 aromatic heterocycles. The lowest BCUT2D eigenvalue weighted by Crippen LogP contribution is -2.00. The van der Waals surface area contributed by atoms with Crippen molar-refractivity contribution in [2.75, 3.05) is 12.3 Å². The lowest BCUT2D eigenvalue weighted by molar-refractivity contribution is 0.307. The van der Waals surface area contributed by atoms with Crippen LogP contribution in [0.25, 0.3) is 0 Å². The minimum absolute atomic E-state index is 0.459. The molecule has 0 aliphatic carbocycles. The molecule has 0 unspecified atom stereocenters. The molecule has 0 aliphatic rings. The van der Waals surface area contributed by atoms with Crippen molar-refractivity contribution < 1.29 is 4.74 Å². The van der Waals surface area contributed by atoms with Gasteiger partial charge in [0.1, 0.15) is 0 Å². The molecule has 0 spiro atoms. The third-order valence-electron chi connectivity index (χ3n) is 1.29. The average Bonchev–Trinajstić information content (AvgIpc) is 2.03. The predicted octanol–water partition coefficient (Wildman–Crippen LogP) is 2.11. The minimum Gasteiger partial charge on any atom is -0.476 e. The number of rotatable bonds is 3. The molecule has 3 nitrogen and oxygen atoms in total. The Bertz CT molecular complexity index is 265. The van der Waals surface area contributed by atoms with Crippen LogP contribution in [-0.2, 0) is 0 Å². The molecule has 0 atom stereocenters. The lowest BCUT2D eigenvalue weighted by Gasteiger charge is -2.05. The Balaban J connectivity index is 2.72. The van der Waals surface area contributed by atoms with E-state index in [1.807, 2.05) is 6.92 Å². The second-order valence-electron chi connectivity index (χ2n) is 2.40.